The molecule has 39 heavy (non-hydrogen) atoms. The van der Waals surface area contributed by atoms with Crippen molar-refractivity contribution in [3.05, 3.63) is 119 Å². The lowest BCUT2D eigenvalue weighted by Crippen LogP contribution is -2.31. The minimum atomic E-state index is -0.636. The van der Waals surface area contributed by atoms with Gasteiger partial charge in [0.15, 0.2) is 6.61 Å². The number of carbonyl (C=O) groups is 2. The molecule has 0 bridgehead atoms. The Morgan fingerprint density at radius 3 is 2.62 bits per heavy atom. The van der Waals surface area contributed by atoms with Crippen molar-refractivity contribution in [1.29, 1.82) is 0 Å². The molecule has 1 amide bonds. The van der Waals surface area contributed by atoms with Gasteiger partial charge in [0.05, 0.1) is 28.7 Å². The predicted octanol–water partition coefficient (Wildman–Crippen LogP) is 6.08. The first-order valence-electron chi connectivity index (χ1n) is 12.2. The quantitative estimate of drug-likeness (QED) is 0.244. The topological polar surface area (TPSA) is 97.9 Å². The lowest BCUT2D eigenvalue weighted by Gasteiger charge is -2.19. The molecule has 0 aliphatic carbocycles. The van der Waals surface area contributed by atoms with Gasteiger partial charge in [-0.15, -0.1) is 0 Å². The van der Waals surface area contributed by atoms with E-state index < -0.39 is 24.5 Å². The van der Waals surface area contributed by atoms with Crippen LogP contribution in [0.2, 0.25) is 5.02 Å². The van der Waals surface area contributed by atoms with Crippen molar-refractivity contribution in [3.8, 4) is 11.3 Å². The Labute approximate surface area is 228 Å². The Morgan fingerprint density at radius 1 is 1.00 bits per heavy atom. The van der Waals surface area contributed by atoms with Gasteiger partial charge in [0.25, 0.3) is 5.91 Å². The van der Waals surface area contributed by atoms with Crippen LogP contribution in [-0.2, 0) is 9.53 Å². The van der Waals surface area contributed by atoms with Crippen molar-refractivity contribution in [2.24, 2.45) is 5.10 Å². The van der Waals surface area contributed by atoms with E-state index in [-0.39, 0.29) is 0 Å². The van der Waals surface area contributed by atoms with Crippen molar-refractivity contribution in [1.82, 2.24) is 15.0 Å². The summed E-state index contributed by atoms with van der Waals surface area (Å²) in [5.74, 6) is -0.522. The largest absolute Gasteiger partial charge is 0.467 e. The number of carbonyl (C=O) groups excluding carboxylic acids is 2. The van der Waals surface area contributed by atoms with Crippen LogP contribution in [0.25, 0.3) is 22.2 Å². The number of furan rings is 1. The summed E-state index contributed by atoms with van der Waals surface area (Å²) in [5, 5.41) is 7.12. The molecule has 1 aliphatic rings. The number of aromatic nitrogens is 2. The Hall–Kier alpha value is -4.82. The van der Waals surface area contributed by atoms with Crippen LogP contribution in [-0.4, -0.2) is 39.2 Å². The number of halogens is 1. The fourth-order valence-electron chi connectivity index (χ4n) is 4.54. The van der Waals surface area contributed by atoms with Crippen LogP contribution in [0.15, 0.2) is 107 Å². The van der Waals surface area contributed by atoms with Gasteiger partial charge in [-0.3, -0.25) is 9.78 Å². The van der Waals surface area contributed by atoms with E-state index in [4.69, 9.17) is 20.8 Å². The zero-order valence-electron chi connectivity index (χ0n) is 20.5. The molecule has 0 saturated carbocycles. The van der Waals surface area contributed by atoms with Crippen LogP contribution in [0.5, 0.6) is 0 Å². The molecule has 1 unspecified atom stereocenters. The molecule has 0 N–H and O–H groups in total. The average molecular weight is 537 g/mol. The van der Waals surface area contributed by atoms with Crippen molar-refractivity contribution in [2.75, 3.05) is 6.61 Å². The summed E-state index contributed by atoms with van der Waals surface area (Å²) in [6.07, 6.45) is 5.33. The molecule has 1 atom stereocenters. The maximum atomic E-state index is 13.3. The highest BCUT2D eigenvalue weighted by Gasteiger charge is 2.35. The molecule has 6 rings (SSSR count). The first-order valence-corrected chi connectivity index (χ1v) is 12.6. The number of fused-ring (bicyclic) bond motifs is 1. The van der Waals surface area contributed by atoms with E-state index in [0.717, 1.165) is 11.1 Å². The van der Waals surface area contributed by atoms with Crippen LogP contribution >= 0.6 is 11.6 Å². The zero-order valence-corrected chi connectivity index (χ0v) is 21.3. The molecular formula is C30H21ClN4O4. The molecule has 4 heterocycles. The second-order valence-corrected chi connectivity index (χ2v) is 9.35. The summed E-state index contributed by atoms with van der Waals surface area (Å²) < 4.78 is 11.1. The highest BCUT2D eigenvalue weighted by atomic mass is 35.5. The van der Waals surface area contributed by atoms with Crippen LogP contribution in [0.3, 0.4) is 0 Å². The van der Waals surface area contributed by atoms with Gasteiger partial charge in [-0.05, 0) is 54.1 Å². The van der Waals surface area contributed by atoms with E-state index in [9.17, 15) is 9.59 Å². The Kier molecular flexibility index (Phi) is 6.61. The van der Waals surface area contributed by atoms with Crippen LogP contribution in [0.1, 0.15) is 34.1 Å². The van der Waals surface area contributed by atoms with Gasteiger partial charge in [-0.2, -0.15) is 5.10 Å². The Bertz CT molecular complexity index is 1690. The molecule has 0 saturated heterocycles. The van der Waals surface area contributed by atoms with Gasteiger partial charge < -0.3 is 9.15 Å². The number of benzene rings is 2. The van der Waals surface area contributed by atoms with E-state index in [2.05, 4.69) is 15.1 Å². The molecule has 192 valence electrons. The third-order valence-corrected chi connectivity index (χ3v) is 6.69. The summed E-state index contributed by atoms with van der Waals surface area (Å²) in [5.41, 5.74) is 3.82. The predicted molar refractivity (Wildman–Crippen MR) is 146 cm³/mol. The lowest BCUT2D eigenvalue weighted by atomic mass is 10.0. The molecule has 2 aromatic carbocycles. The fourth-order valence-corrected chi connectivity index (χ4v) is 4.66. The highest BCUT2D eigenvalue weighted by molar-refractivity contribution is 6.30. The number of pyridine rings is 2. The van der Waals surface area contributed by atoms with Gasteiger partial charge in [-0.25, -0.2) is 14.8 Å². The number of amides is 1. The van der Waals surface area contributed by atoms with E-state index in [0.29, 0.717) is 45.1 Å². The summed E-state index contributed by atoms with van der Waals surface area (Å²) >= 11 is 6.03. The molecule has 8 nitrogen and oxygen atoms in total. The standard InChI is InChI=1S/C30H21ClN4O4/c31-21-11-9-19(10-12-21)26-16-27(28-8-4-14-38-28)35(34-26)29(36)18-39-30(37)23-15-25(20-5-3-13-32-17-20)33-24-7-2-1-6-22(23)24/h1-15,17,27H,16,18H2. The van der Waals surface area contributed by atoms with E-state index in [1.165, 1.54) is 5.01 Å². The minimum Gasteiger partial charge on any atom is -0.467 e. The summed E-state index contributed by atoms with van der Waals surface area (Å²) in [7, 11) is 0. The Balaban J connectivity index is 1.26. The minimum absolute atomic E-state index is 0.307. The smallest absolute Gasteiger partial charge is 0.339 e. The first-order chi connectivity index (χ1) is 19.1. The SMILES string of the molecule is O=C(OCC(=O)N1N=C(c2ccc(Cl)cc2)CC1c1ccco1)c1cc(-c2cccnc2)nc2ccccc12. The number of hydrogen-bond donors (Lipinski definition) is 0. The van der Waals surface area contributed by atoms with E-state index >= 15 is 0 Å². The van der Waals surface area contributed by atoms with E-state index in [1.54, 1.807) is 61.1 Å². The van der Waals surface area contributed by atoms with E-state index in [1.807, 2.05) is 36.4 Å². The van der Waals surface area contributed by atoms with Crippen molar-refractivity contribution in [3.63, 3.8) is 0 Å². The van der Waals surface area contributed by atoms with Gasteiger partial charge in [0.2, 0.25) is 0 Å². The number of hydrazone groups is 1. The monoisotopic (exact) mass is 536 g/mol. The first kappa shape index (κ1) is 24.5. The number of rotatable bonds is 6. The number of esters is 1. The number of ether oxygens (including phenoxy) is 1. The molecular weight excluding hydrogens is 516 g/mol. The molecule has 3 aromatic heterocycles. The molecule has 0 fully saturated rings. The summed E-state index contributed by atoms with van der Waals surface area (Å²) in [6.45, 7) is -0.494. The molecule has 5 aromatic rings. The number of nitrogens with zero attached hydrogens (tertiary/aromatic N) is 4. The average Bonchev–Trinajstić information content (AvgIpc) is 3.67. The van der Waals surface area contributed by atoms with Crippen molar-refractivity contribution >= 4 is 40.1 Å². The fraction of sp³-hybridized carbons (Fsp3) is 0.100. The number of para-hydroxylation sites is 1. The normalized spacial score (nSPS) is 14.8. The molecule has 1 aliphatic heterocycles. The Morgan fingerprint density at radius 2 is 1.85 bits per heavy atom. The van der Waals surface area contributed by atoms with Gasteiger partial charge >= 0.3 is 5.97 Å². The second kappa shape index (κ2) is 10.5. The third-order valence-electron chi connectivity index (χ3n) is 6.44. The molecule has 0 radical (unpaired) electrons. The highest BCUT2D eigenvalue weighted by Crippen LogP contribution is 2.33. The summed E-state index contributed by atoms with van der Waals surface area (Å²) in [6, 6.07) is 22.9. The van der Waals surface area contributed by atoms with Gasteiger partial charge in [-0.1, -0.05) is 41.9 Å². The van der Waals surface area contributed by atoms with Gasteiger partial charge in [0.1, 0.15) is 11.8 Å². The van der Waals surface area contributed by atoms with Crippen LogP contribution in [0, 0.1) is 0 Å². The lowest BCUT2D eigenvalue weighted by molar-refractivity contribution is -0.136. The van der Waals surface area contributed by atoms with Crippen LogP contribution in [0.4, 0.5) is 0 Å². The van der Waals surface area contributed by atoms with Crippen LogP contribution < -0.4 is 0 Å². The van der Waals surface area contributed by atoms with Crippen molar-refractivity contribution < 1.29 is 18.7 Å². The maximum Gasteiger partial charge on any atom is 0.339 e. The second-order valence-electron chi connectivity index (χ2n) is 8.92. The molecule has 9 heteroatoms. The zero-order chi connectivity index (χ0) is 26.8. The number of hydrogen-bond acceptors (Lipinski definition) is 7. The van der Waals surface area contributed by atoms with Crippen molar-refractivity contribution in [2.45, 2.75) is 12.5 Å². The third kappa shape index (κ3) is 5.02. The maximum absolute atomic E-state index is 13.3. The van der Waals surface area contributed by atoms with Gasteiger partial charge in [0, 0.05) is 34.8 Å². The summed E-state index contributed by atoms with van der Waals surface area (Å²) in [4.78, 5) is 35.4. The molecule has 0 spiro atoms.